The average molecular weight is 1940 g/mol. The Kier molecular flexibility index (Phi) is 41.4. The Labute approximate surface area is 820 Å². The van der Waals surface area contributed by atoms with Gasteiger partial charge in [0.15, 0.2) is 0 Å². The van der Waals surface area contributed by atoms with E-state index < -0.39 is 17.6 Å². The highest BCUT2D eigenvalue weighted by atomic mass is 32.1. The van der Waals surface area contributed by atoms with Gasteiger partial charge in [-0.1, -0.05) is 83.5 Å². The Morgan fingerprint density at radius 1 is 0.548 bits per heavy atom. The van der Waals surface area contributed by atoms with Gasteiger partial charge in [0.05, 0.1) is 68.0 Å². The number of pyridine rings is 1. The number of carbonyl (C=O) groups is 3. The number of likely N-dealkylation sites (tertiary alicyclic amines) is 3. The van der Waals surface area contributed by atoms with Crippen LogP contribution in [0.1, 0.15) is 93.2 Å². The van der Waals surface area contributed by atoms with Crippen molar-refractivity contribution in [1.29, 1.82) is 0 Å². The van der Waals surface area contributed by atoms with Gasteiger partial charge < -0.3 is 92.5 Å². The highest BCUT2D eigenvalue weighted by Gasteiger charge is 2.43. The second-order valence-electron chi connectivity index (χ2n) is 34.6. The normalized spacial score (nSPS) is 20.5. The number of aliphatic hydroxyl groups is 1. The van der Waals surface area contributed by atoms with Gasteiger partial charge in [-0.15, -0.1) is 0 Å². The van der Waals surface area contributed by atoms with Crippen LogP contribution in [0, 0.1) is 31.5 Å². The van der Waals surface area contributed by atoms with Crippen molar-refractivity contribution in [2.24, 2.45) is 5.92 Å². The molecule has 0 radical (unpaired) electrons. The molecule has 7 atom stereocenters. The van der Waals surface area contributed by atoms with Gasteiger partial charge in [-0.05, 0) is 134 Å². The van der Waals surface area contributed by atoms with Crippen LogP contribution in [-0.4, -0.2) is 321 Å². The second-order valence-corrected chi connectivity index (χ2v) is 34.6. The lowest BCUT2D eigenvalue weighted by Crippen LogP contribution is -2.56. The highest BCUT2D eigenvalue weighted by Crippen LogP contribution is 2.43. The van der Waals surface area contributed by atoms with Crippen LogP contribution in [0.15, 0.2) is 117 Å². The standard InChI is InChI=1S/C33H42F4N8O2.C33H39N7O3.C28H36N8O3.2CH4.4H2S/c1-22-16-23(42(5)18-22)21-47-32-39-27-20-43(28-9-6-8-26(34)30(28)33(35,36)37)13-11-25(27)31(40-32)44-14-15-45(24(19-44)17-38-2)29(46)10-7-12-41(3)4;1-3-31(42)40-17-16-39(21-26(40)20-34-2)32-28-13-15-38(30-12-6-9-24-8-4-5-11-27(24)30)22-29(28)35-33(36-32)43-23-25-10-7-14-37(25)18-19-41;1-5-26(37)36-14-13-35(17-21(36)15-29-2)27-22-9-12-34(24-16-30-10-8-25(24)38-4)18-23(22)31-28(32-27)39-19-20-7-6-11-33(20)3;;;;;;/h6-10,22-24H,11-21H2,1,3-5H3;3-6,8-9,11-12,25-26,41H,1,7,10,13-23H2;5,8,10,16,20-21H,1,6-7,9,11-15,17-19H2,3-4H3;2*1H4;4*1H2/b10-7+;;;;;;;;/t22-,23+,24+;25-,26-;20-,21-;;;;;;/m100....../s1. The molecule has 16 rings (SSSR count). The quantitative estimate of drug-likeness (QED) is 0.0300. The van der Waals surface area contributed by atoms with E-state index >= 15 is 0 Å². The number of piperazine rings is 3. The van der Waals surface area contributed by atoms with E-state index in [2.05, 4.69) is 128 Å². The first kappa shape index (κ1) is 110. The molecule has 1 N–H and O–H groups in total. The van der Waals surface area contributed by atoms with Crippen LogP contribution in [0.4, 0.5) is 52.1 Å². The molecule has 6 fully saturated rings. The third kappa shape index (κ3) is 26.4. The molecule has 13 heterocycles. The summed E-state index contributed by atoms with van der Waals surface area (Å²) in [4.78, 5) is 109. The smallest absolute Gasteiger partial charge is 0.421 e. The predicted molar refractivity (Wildman–Crippen MR) is 541 cm³/mol. The van der Waals surface area contributed by atoms with Crippen LogP contribution < -0.4 is 48.3 Å². The van der Waals surface area contributed by atoms with Gasteiger partial charge in [-0.2, -0.15) is 97.1 Å². The number of benzene rings is 3. The molecule has 4 aromatic heterocycles. The van der Waals surface area contributed by atoms with Crippen LogP contribution in [0.3, 0.4) is 0 Å². The van der Waals surface area contributed by atoms with E-state index in [4.69, 9.17) is 63.6 Å². The van der Waals surface area contributed by atoms with Crippen LogP contribution in [0.5, 0.6) is 23.8 Å². The Morgan fingerprint density at radius 2 is 1.01 bits per heavy atom. The number of carbonyl (C=O) groups excluding carboxylic acids is 3. The first-order valence-electron chi connectivity index (χ1n) is 44.6. The maximum Gasteiger partial charge on any atom is 0.421 e. The number of ether oxygens (including phenoxy) is 4. The third-order valence-electron chi connectivity index (χ3n) is 26.0. The molecule has 732 valence electrons. The monoisotopic (exact) mass is 1940 g/mol. The van der Waals surface area contributed by atoms with Crippen molar-refractivity contribution in [2.45, 2.75) is 135 Å². The van der Waals surface area contributed by atoms with Crippen LogP contribution in [0.25, 0.3) is 25.3 Å². The molecule has 39 heteroatoms. The summed E-state index contributed by atoms with van der Waals surface area (Å²) in [6, 6.07) is 20.8. The minimum atomic E-state index is -4.87. The predicted octanol–water partition coefficient (Wildman–Crippen LogP) is 10.9. The number of anilines is 6. The number of nitrogens with zero attached hydrogens (tertiary/aromatic N) is 23. The highest BCUT2D eigenvalue weighted by molar-refractivity contribution is 7.59. The molecule has 135 heavy (non-hydrogen) atoms. The Hall–Kier alpha value is -10.7. The number of β-amino-alcohol motifs (C(OH)–C–C–N with tert-alkyl or cyclic N) is 1. The van der Waals surface area contributed by atoms with Gasteiger partial charge in [-0.3, -0.25) is 29.2 Å². The minimum Gasteiger partial charge on any atom is -0.494 e. The number of hydrogen-bond acceptors (Lipinski definition) is 25. The van der Waals surface area contributed by atoms with Crippen molar-refractivity contribution in [2.75, 3.05) is 222 Å². The van der Waals surface area contributed by atoms with Gasteiger partial charge in [0.2, 0.25) is 37.4 Å². The van der Waals surface area contributed by atoms with Crippen molar-refractivity contribution in [3.8, 4) is 23.8 Å². The van der Waals surface area contributed by atoms with Crippen molar-refractivity contribution < 1.29 is 56.0 Å². The summed E-state index contributed by atoms with van der Waals surface area (Å²) in [6.45, 7) is 45.7. The van der Waals surface area contributed by atoms with Crippen LogP contribution >= 0.6 is 54.0 Å². The molecule has 7 aromatic rings. The topological polar surface area (TPSA) is 254 Å². The summed E-state index contributed by atoms with van der Waals surface area (Å²) in [5.41, 5.74) is 5.92. The lowest BCUT2D eigenvalue weighted by Gasteiger charge is -2.41. The van der Waals surface area contributed by atoms with Crippen molar-refractivity contribution in [3.63, 3.8) is 0 Å². The Bertz CT molecular complexity index is 5320. The first-order valence-corrected chi connectivity index (χ1v) is 44.6. The first-order chi connectivity index (χ1) is 62.5. The molecular formula is C96H133F4N23O8S4. The largest absolute Gasteiger partial charge is 0.494 e. The van der Waals surface area contributed by atoms with Crippen molar-refractivity contribution in [3.05, 3.63) is 196 Å². The summed E-state index contributed by atoms with van der Waals surface area (Å²) in [6.07, 6.45) is 11.8. The van der Waals surface area contributed by atoms with E-state index in [0.29, 0.717) is 147 Å². The molecular weight excluding hydrogens is 1810 g/mol. The number of hydrogen-bond donors (Lipinski definition) is 1. The molecule has 0 bridgehead atoms. The fourth-order valence-corrected chi connectivity index (χ4v) is 19.3. The van der Waals surface area contributed by atoms with Crippen LogP contribution in [0.2, 0.25) is 0 Å². The van der Waals surface area contributed by atoms with Gasteiger partial charge >= 0.3 is 24.2 Å². The molecule has 3 aromatic carbocycles. The third-order valence-corrected chi connectivity index (χ3v) is 26.0. The fraction of sp³-hybridized carbons (Fsp3) is 0.531. The molecule has 31 nitrogen and oxygen atoms in total. The van der Waals surface area contributed by atoms with Crippen LogP contribution in [-0.2, 0) is 59.5 Å². The fourth-order valence-electron chi connectivity index (χ4n) is 19.3. The van der Waals surface area contributed by atoms with E-state index in [1.54, 1.807) is 40.2 Å². The lowest BCUT2D eigenvalue weighted by atomic mass is 10.0. The summed E-state index contributed by atoms with van der Waals surface area (Å²) in [5, 5.41) is 11.9. The second kappa shape index (κ2) is 50.9. The number of alkyl halides is 3. The minimum absolute atomic E-state index is 0. The van der Waals surface area contributed by atoms with Gasteiger partial charge in [0, 0.05) is 162 Å². The van der Waals surface area contributed by atoms with E-state index in [0.717, 1.165) is 128 Å². The van der Waals surface area contributed by atoms with E-state index in [-0.39, 0.29) is 168 Å². The zero-order valence-corrected chi connectivity index (χ0v) is 80.6. The van der Waals surface area contributed by atoms with Gasteiger partial charge in [-0.25, -0.2) is 24.1 Å². The summed E-state index contributed by atoms with van der Waals surface area (Å²) in [7, 11) is 9.66. The Balaban J connectivity index is 0.000000244. The number of fused-ring (bicyclic) bond motifs is 4. The number of amides is 3. The van der Waals surface area contributed by atoms with Gasteiger partial charge in [0.1, 0.15) is 72.5 Å². The molecule has 0 unspecified atom stereocenters. The molecule has 9 aliphatic heterocycles. The van der Waals surface area contributed by atoms with E-state index in [1.807, 2.05) is 43.2 Å². The number of rotatable bonds is 26. The maximum atomic E-state index is 14.5. The van der Waals surface area contributed by atoms with Crippen molar-refractivity contribution in [1.82, 2.24) is 69.2 Å². The zero-order valence-electron chi connectivity index (χ0n) is 76.6. The summed E-state index contributed by atoms with van der Waals surface area (Å²) < 4.78 is 80.7. The van der Waals surface area contributed by atoms with E-state index in [1.165, 1.54) is 52.1 Å². The molecule has 0 spiro atoms. The molecule has 3 amide bonds. The number of aliphatic hydroxyl groups excluding tert-OH is 1. The number of halogens is 4. The number of aromatic nitrogens is 7. The molecule has 0 saturated carbocycles. The maximum absolute atomic E-state index is 14.5. The van der Waals surface area contributed by atoms with Crippen molar-refractivity contribution >= 4 is 117 Å². The summed E-state index contributed by atoms with van der Waals surface area (Å²) >= 11 is 0. The van der Waals surface area contributed by atoms with E-state index in [9.17, 15) is 37.1 Å². The molecule has 6 saturated heterocycles. The SMILES string of the molecule is C.C.S.S.S.S.[C-]#[N+]C[C@H]1CN(c2nc(OC[C@@H]3CCCN3C)nc3c2CCN(c2cnccc2OC)C3)CCN1C(=O)C=C.[C-]#[N+]C[C@H]1CN(c2nc(OC[C@@H]3CCCN3CCO)nc3c2CCN(c2cccc4ccccc24)C3)CCN1C(=O)C=C.[C-]#[N+]C[C@H]1CN(c2nc(OC[C@@H]3C[C@@H](C)CN3C)nc3c2CCN(c2cccc(F)c2C(F)(F)F)C3)CCN1C(=O)/C=C/CN(C)C. The Morgan fingerprint density at radius 3 is 1.47 bits per heavy atom. The lowest BCUT2D eigenvalue weighted by molar-refractivity contribution is -0.139. The molecule has 0 aliphatic carbocycles. The number of methoxy groups -OCH3 is 1. The average Bonchev–Trinajstić information content (AvgIpc) is 1.55. The summed E-state index contributed by atoms with van der Waals surface area (Å²) in [5.74, 6) is 1.81. The zero-order chi connectivity index (χ0) is 91.0. The van der Waals surface area contributed by atoms with Gasteiger partial charge in [0.25, 0.3) is 0 Å². The molecule has 9 aliphatic rings. The number of likely N-dealkylation sites (N-methyl/N-ethyl adjacent to an activating group) is 3.